The first-order valence-electron chi connectivity index (χ1n) is 25.1. The zero-order chi connectivity index (χ0) is 44.9. The van der Waals surface area contributed by atoms with Crippen LogP contribution in [0.4, 0.5) is 0 Å². The molecule has 350 valence electrons. The molecule has 0 bridgehead atoms. The molecule has 0 rings (SSSR count). The minimum Gasteiger partial charge on any atom is -0.462 e. The van der Waals surface area contributed by atoms with Crippen LogP contribution in [-0.2, 0) is 19.1 Å². The molecule has 0 radical (unpaired) electrons. The predicted octanol–water partition coefficient (Wildman–Crippen LogP) is 16.7. The first-order chi connectivity index (χ1) is 30.6. The Labute approximate surface area is 382 Å². The highest BCUT2D eigenvalue weighted by Crippen LogP contribution is 2.13. The average Bonchev–Trinajstić information content (AvgIpc) is 3.28. The normalized spacial score (nSPS) is 13.3. The van der Waals surface area contributed by atoms with Gasteiger partial charge < -0.3 is 14.6 Å². The fourth-order valence-electron chi connectivity index (χ4n) is 6.49. The number of carbonyl (C=O) groups is 2. The van der Waals surface area contributed by atoms with Gasteiger partial charge in [-0.3, -0.25) is 9.59 Å². The lowest BCUT2D eigenvalue weighted by atomic mass is 10.1. The van der Waals surface area contributed by atoms with Gasteiger partial charge in [-0.25, -0.2) is 0 Å². The average molecular weight is 857 g/mol. The van der Waals surface area contributed by atoms with Crippen molar-refractivity contribution < 1.29 is 24.2 Å². The number of esters is 2. The van der Waals surface area contributed by atoms with E-state index >= 15 is 0 Å². The highest BCUT2D eigenvalue weighted by Gasteiger charge is 2.16. The smallest absolute Gasteiger partial charge is 0.306 e. The van der Waals surface area contributed by atoms with Gasteiger partial charge in [0.2, 0.25) is 0 Å². The molecule has 0 heterocycles. The number of rotatable bonds is 44. The van der Waals surface area contributed by atoms with Gasteiger partial charge in [0.15, 0.2) is 6.10 Å². The van der Waals surface area contributed by atoms with Crippen LogP contribution in [0.25, 0.3) is 0 Å². The lowest BCUT2D eigenvalue weighted by molar-refractivity contribution is -0.161. The summed E-state index contributed by atoms with van der Waals surface area (Å²) in [4.78, 5) is 24.4. The molecule has 0 saturated carbocycles. The third-order valence-electron chi connectivity index (χ3n) is 10.2. The van der Waals surface area contributed by atoms with Gasteiger partial charge in [-0.2, -0.15) is 0 Å². The maximum atomic E-state index is 12.2. The molecule has 62 heavy (non-hydrogen) atoms. The van der Waals surface area contributed by atoms with Crippen LogP contribution in [0.1, 0.15) is 206 Å². The Morgan fingerprint density at radius 3 is 1.10 bits per heavy atom. The van der Waals surface area contributed by atoms with Gasteiger partial charge in [-0.1, -0.05) is 212 Å². The van der Waals surface area contributed by atoms with E-state index in [1.54, 1.807) is 0 Å². The summed E-state index contributed by atoms with van der Waals surface area (Å²) in [5.74, 6) is -0.673. The lowest BCUT2D eigenvalue weighted by Gasteiger charge is -2.15. The summed E-state index contributed by atoms with van der Waals surface area (Å²) < 4.78 is 10.6. The summed E-state index contributed by atoms with van der Waals surface area (Å²) in [7, 11) is 0. The van der Waals surface area contributed by atoms with Crippen LogP contribution in [0.5, 0.6) is 0 Å². The quantitative estimate of drug-likeness (QED) is 0.0375. The van der Waals surface area contributed by atoms with Crippen LogP contribution in [0.2, 0.25) is 0 Å². The largest absolute Gasteiger partial charge is 0.462 e. The van der Waals surface area contributed by atoms with E-state index in [-0.39, 0.29) is 31.6 Å². The Hall–Kier alpha value is -3.70. The number of allylic oxidation sites excluding steroid dienone is 20. The van der Waals surface area contributed by atoms with Gasteiger partial charge in [-0.05, 0) is 103 Å². The monoisotopic (exact) mass is 857 g/mol. The van der Waals surface area contributed by atoms with E-state index in [0.717, 1.165) is 83.5 Å². The Morgan fingerprint density at radius 2 is 0.710 bits per heavy atom. The van der Waals surface area contributed by atoms with Gasteiger partial charge >= 0.3 is 11.9 Å². The Morgan fingerprint density at radius 1 is 0.387 bits per heavy atom. The minimum atomic E-state index is -0.814. The van der Waals surface area contributed by atoms with Crippen LogP contribution >= 0.6 is 0 Å². The molecule has 0 fully saturated rings. The zero-order valence-electron chi connectivity index (χ0n) is 39.8. The fourth-order valence-corrected chi connectivity index (χ4v) is 6.49. The molecule has 0 aromatic carbocycles. The van der Waals surface area contributed by atoms with Crippen LogP contribution in [-0.4, -0.2) is 36.4 Å². The van der Waals surface area contributed by atoms with Gasteiger partial charge in [-0.15, -0.1) is 0 Å². The molecule has 0 amide bonds. The van der Waals surface area contributed by atoms with Gasteiger partial charge in [0.25, 0.3) is 0 Å². The van der Waals surface area contributed by atoms with Crippen molar-refractivity contribution in [1.29, 1.82) is 0 Å². The zero-order valence-corrected chi connectivity index (χ0v) is 39.8. The van der Waals surface area contributed by atoms with Crippen molar-refractivity contribution in [2.24, 2.45) is 0 Å². The minimum absolute atomic E-state index is 0.0992. The molecule has 1 unspecified atom stereocenters. The molecular weight excluding hydrogens is 765 g/mol. The van der Waals surface area contributed by atoms with Crippen molar-refractivity contribution in [1.82, 2.24) is 0 Å². The number of carbonyl (C=O) groups excluding carboxylic acids is 2. The molecule has 1 atom stereocenters. The van der Waals surface area contributed by atoms with Crippen molar-refractivity contribution in [3.05, 3.63) is 122 Å². The van der Waals surface area contributed by atoms with Crippen LogP contribution in [0, 0.1) is 0 Å². The van der Waals surface area contributed by atoms with E-state index in [9.17, 15) is 14.7 Å². The summed E-state index contributed by atoms with van der Waals surface area (Å²) in [6, 6.07) is 0. The SMILES string of the molecule is CC/C=C\C/C=C\C/C=C\C/C=C\C/C=C\C/C=C\C/C=C\CCCC(=O)OC(CO)COC(=O)CCCCCCCCCCCC/C=C\C/C=C\C/C=C\CCCCCCC. The molecule has 0 aliphatic heterocycles. The van der Waals surface area contributed by atoms with E-state index in [1.165, 1.54) is 89.9 Å². The lowest BCUT2D eigenvalue weighted by Crippen LogP contribution is -2.28. The number of hydrogen-bond donors (Lipinski definition) is 1. The third kappa shape index (κ3) is 49.0. The molecular formula is C57H92O5. The Bertz CT molecular complexity index is 1290. The van der Waals surface area contributed by atoms with Crippen LogP contribution < -0.4 is 0 Å². The third-order valence-corrected chi connectivity index (χ3v) is 10.2. The van der Waals surface area contributed by atoms with Crippen molar-refractivity contribution in [3.8, 4) is 0 Å². The van der Waals surface area contributed by atoms with E-state index in [4.69, 9.17) is 9.47 Å². The summed E-state index contributed by atoms with van der Waals surface area (Å²) in [5.41, 5.74) is 0. The molecule has 0 aliphatic rings. The summed E-state index contributed by atoms with van der Waals surface area (Å²) in [6.07, 6.45) is 75.7. The summed E-state index contributed by atoms with van der Waals surface area (Å²) >= 11 is 0. The highest BCUT2D eigenvalue weighted by molar-refractivity contribution is 5.70. The fraction of sp³-hybridized carbons (Fsp3) is 0.614. The van der Waals surface area contributed by atoms with Crippen molar-refractivity contribution in [3.63, 3.8) is 0 Å². The van der Waals surface area contributed by atoms with Crippen molar-refractivity contribution in [2.75, 3.05) is 13.2 Å². The number of aliphatic hydroxyl groups excluding tert-OH is 1. The van der Waals surface area contributed by atoms with E-state index < -0.39 is 6.10 Å². The van der Waals surface area contributed by atoms with Crippen molar-refractivity contribution in [2.45, 2.75) is 213 Å². The molecule has 0 spiro atoms. The number of aliphatic hydroxyl groups is 1. The predicted molar refractivity (Wildman–Crippen MR) is 269 cm³/mol. The van der Waals surface area contributed by atoms with Gasteiger partial charge in [0.1, 0.15) is 6.61 Å². The highest BCUT2D eigenvalue weighted by atomic mass is 16.6. The summed E-state index contributed by atoms with van der Waals surface area (Å²) in [6.45, 7) is 3.96. The second-order valence-electron chi connectivity index (χ2n) is 16.2. The van der Waals surface area contributed by atoms with Gasteiger partial charge in [0, 0.05) is 12.8 Å². The topological polar surface area (TPSA) is 72.8 Å². The first kappa shape index (κ1) is 58.3. The van der Waals surface area contributed by atoms with Crippen LogP contribution in [0.3, 0.4) is 0 Å². The maximum absolute atomic E-state index is 12.2. The second-order valence-corrected chi connectivity index (χ2v) is 16.2. The summed E-state index contributed by atoms with van der Waals surface area (Å²) in [5, 5.41) is 9.61. The molecule has 0 aliphatic carbocycles. The first-order valence-corrected chi connectivity index (χ1v) is 25.1. The molecule has 0 aromatic rings. The van der Waals surface area contributed by atoms with Gasteiger partial charge in [0.05, 0.1) is 6.61 Å². The number of unbranched alkanes of at least 4 members (excludes halogenated alkanes) is 16. The number of hydrogen-bond acceptors (Lipinski definition) is 5. The number of ether oxygens (including phenoxy) is 2. The van der Waals surface area contributed by atoms with E-state index in [0.29, 0.717) is 12.8 Å². The van der Waals surface area contributed by atoms with Crippen molar-refractivity contribution >= 4 is 11.9 Å². The molecule has 0 saturated heterocycles. The standard InChI is InChI=1S/C57H92O5/c1-3-5-7-9-11-13-15-17-19-21-23-25-27-28-30-31-33-35-37-39-41-43-45-47-49-51-56(59)61-54-55(53-58)62-57(60)52-50-48-46-44-42-40-38-36-34-32-29-26-24-22-20-18-16-14-12-10-8-6-4-2/h6,8,12,14-15,17-18,20-21,23-24,26-28,32,34,38,40,44,46,55,58H,3-5,7,9-11,13,16,19,22,25,29-31,33,35-37,39,41-43,45,47-54H2,1-2H3/b8-6-,14-12-,17-15-,20-18-,23-21-,26-24-,28-27-,34-32-,40-38-,46-44-. The van der Waals surface area contributed by atoms with Crippen LogP contribution in [0.15, 0.2) is 122 Å². The second kappa shape index (κ2) is 51.6. The molecule has 0 aromatic heterocycles. The molecule has 5 heteroatoms. The van der Waals surface area contributed by atoms with E-state index in [2.05, 4.69) is 135 Å². The molecule has 1 N–H and O–H groups in total. The Balaban J connectivity index is 3.66. The Kier molecular flexibility index (Phi) is 48.6. The molecule has 5 nitrogen and oxygen atoms in total. The maximum Gasteiger partial charge on any atom is 0.306 e. The van der Waals surface area contributed by atoms with E-state index in [1.807, 2.05) is 0 Å².